The number of hydrogen-bond acceptors (Lipinski definition) is 5. The molecule has 2 heterocycles. The molecule has 0 spiro atoms. The Hall–Kier alpha value is -4.65. The second kappa shape index (κ2) is 14.1. The molecule has 0 atom stereocenters. The van der Waals surface area contributed by atoms with Crippen LogP contribution in [0.5, 0.6) is 0 Å². The first kappa shape index (κ1) is 37.1. The van der Waals surface area contributed by atoms with Gasteiger partial charge in [0.25, 0.3) is 0 Å². The quantitative estimate of drug-likeness (QED) is 0.109. The molecule has 274 valence electrons. The van der Waals surface area contributed by atoms with E-state index in [-0.39, 0.29) is 28.6 Å². The van der Waals surface area contributed by atoms with Gasteiger partial charge in [-0.3, -0.25) is 9.59 Å². The number of ether oxygens (including phenoxy) is 1. The molecule has 1 N–H and O–H groups in total. The number of rotatable bonds is 13. The van der Waals surface area contributed by atoms with Crippen LogP contribution in [0.15, 0.2) is 78.5 Å². The van der Waals surface area contributed by atoms with Gasteiger partial charge in [-0.1, -0.05) is 64.5 Å². The zero-order chi connectivity index (χ0) is 37.6. The molecule has 0 radical (unpaired) electrons. The molecule has 2 aliphatic heterocycles. The van der Waals surface area contributed by atoms with Crippen molar-refractivity contribution in [3.05, 3.63) is 101 Å². The second-order valence-corrected chi connectivity index (χ2v) is 16.4. The van der Waals surface area contributed by atoms with E-state index in [0.29, 0.717) is 13.0 Å². The molecular weight excluding hydrogens is 647 g/mol. The predicted molar refractivity (Wildman–Crippen MR) is 213 cm³/mol. The highest BCUT2D eigenvalue weighted by Gasteiger charge is 2.46. The molecule has 0 aromatic heterocycles. The molecule has 3 aromatic carbocycles. The highest BCUT2D eigenvalue weighted by atomic mass is 16.5. The van der Waals surface area contributed by atoms with Crippen molar-refractivity contribution in [2.24, 2.45) is 0 Å². The number of carboxylic acids is 1. The van der Waals surface area contributed by atoms with Crippen LogP contribution in [0.4, 0.5) is 17.1 Å². The van der Waals surface area contributed by atoms with Crippen molar-refractivity contribution in [3.8, 4) is 11.1 Å². The molecule has 0 amide bonds. The molecule has 0 fully saturated rings. The lowest BCUT2D eigenvalue weighted by Crippen LogP contribution is -2.28. The topological polar surface area (TPSA) is 73.1 Å². The minimum atomic E-state index is -0.733. The third-order valence-electron chi connectivity index (χ3n) is 11.6. The summed E-state index contributed by atoms with van der Waals surface area (Å²) in [6, 6.07) is 20.4. The third kappa shape index (κ3) is 6.59. The van der Waals surface area contributed by atoms with Crippen molar-refractivity contribution in [1.82, 2.24) is 0 Å². The maximum absolute atomic E-state index is 11.5. The smallest absolute Gasteiger partial charge is 0.303 e. The van der Waals surface area contributed by atoms with Crippen LogP contribution in [-0.4, -0.2) is 61.1 Å². The number of aliphatic carboxylic acids is 1. The van der Waals surface area contributed by atoms with Gasteiger partial charge in [0.2, 0.25) is 5.69 Å². The van der Waals surface area contributed by atoms with Crippen molar-refractivity contribution in [2.45, 2.75) is 96.8 Å². The Morgan fingerprint density at radius 2 is 1.58 bits per heavy atom. The number of benzene rings is 3. The lowest BCUT2D eigenvalue weighted by Gasteiger charge is -2.27. The first-order valence-corrected chi connectivity index (χ1v) is 18.8. The van der Waals surface area contributed by atoms with E-state index in [1.54, 1.807) is 0 Å². The Morgan fingerprint density at radius 3 is 2.29 bits per heavy atom. The van der Waals surface area contributed by atoms with Gasteiger partial charge in [0.05, 0.1) is 12.0 Å². The molecule has 6 rings (SSSR count). The third-order valence-corrected chi connectivity index (χ3v) is 11.6. The molecule has 3 aliphatic rings. The van der Waals surface area contributed by atoms with Gasteiger partial charge in [-0.15, -0.1) is 0 Å². The molecule has 0 unspecified atom stereocenters. The summed E-state index contributed by atoms with van der Waals surface area (Å²) in [6.07, 6.45) is 10.2. The summed E-state index contributed by atoms with van der Waals surface area (Å²) >= 11 is 0. The summed E-state index contributed by atoms with van der Waals surface area (Å²) in [4.78, 5) is 27.4. The molecule has 0 saturated heterocycles. The molecule has 7 heteroatoms. The number of carbonyl (C=O) groups excluding carboxylic acids is 1. The lowest BCUT2D eigenvalue weighted by atomic mass is 9.79. The van der Waals surface area contributed by atoms with E-state index >= 15 is 0 Å². The molecular formula is C45H56N3O4+. The summed E-state index contributed by atoms with van der Waals surface area (Å²) < 4.78 is 7.71. The van der Waals surface area contributed by atoms with E-state index in [9.17, 15) is 14.7 Å². The van der Waals surface area contributed by atoms with Gasteiger partial charge >= 0.3 is 11.9 Å². The van der Waals surface area contributed by atoms with Crippen LogP contribution < -0.4 is 9.80 Å². The number of nitrogens with zero attached hydrogens (tertiary/aromatic N) is 3. The van der Waals surface area contributed by atoms with Crippen LogP contribution in [0, 0.1) is 0 Å². The van der Waals surface area contributed by atoms with E-state index in [1.165, 1.54) is 68.8 Å². The van der Waals surface area contributed by atoms with Gasteiger partial charge < -0.3 is 19.6 Å². The minimum Gasteiger partial charge on any atom is -0.481 e. The number of anilines is 2. The number of carbonyl (C=O) groups is 2. The fourth-order valence-corrected chi connectivity index (χ4v) is 8.68. The summed E-state index contributed by atoms with van der Waals surface area (Å²) in [5.74, 6) is -0.985. The Labute approximate surface area is 310 Å². The Balaban J connectivity index is 1.40. The molecule has 0 saturated carbocycles. The SMILES string of the molecule is CC(=O)OCCC[N+]1=C(/C=C/C=C2/N(CCCCCC(=O)O)c3cc4c(cc3C2(C)C)-c2ccccc2C4(C)C)C(C)(C)c2cc(N(C)C)ccc21. The summed E-state index contributed by atoms with van der Waals surface area (Å²) in [7, 11) is 4.15. The van der Waals surface area contributed by atoms with Crippen molar-refractivity contribution < 1.29 is 24.0 Å². The van der Waals surface area contributed by atoms with Gasteiger partial charge in [-0.25, -0.2) is 0 Å². The van der Waals surface area contributed by atoms with Crippen LogP contribution in [0.25, 0.3) is 11.1 Å². The van der Waals surface area contributed by atoms with Gasteiger partial charge in [0, 0.05) is 86.0 Å². The summed E-state index contributed by atoms with van der Waals surface area (Å²) in [6.45, 7) is 17.3. The highest BCUT2D eigenvalue weighted by Crippen LogP contribution is 2.56. The Bertz CT molecular complexity index is 1990. The Kier molecular flexibility index (Phi) is 10.0. The molecule has 7 nitrogen and oxygen atoms in total. The summed E-state index contributed by atoms with van der Waals surface area (Å²) in [5, 5.41) is 9.24. The normalized spacial score (nSPS) is 18.1. The maximum atomic E-state index is 11.5. The zero-order valence-electron chi connectivity index (χ0n) is 32.6. The fraction of sp³-hybridized carbons (Fsp3) is 0.444. The number of unbranched alkanes of at least 4 members (excludes halogenated alkanes) is 2. The monoisotopic (exact) mass is 702 g/mol. The molecule has 0 bridgehead atoms. The number of hydrogen-bond donors (Lipinski definition) is 1. The maximum Gasteiger partial charge on any atom is 0.303 e. The zero-order valence-corrected chi connectivity index (χ0v) is 32.6. The van der Waals surface area contributed by atoms with Crippen LogP contribution in [-0.2, 0) is 30.6 Å². The minimum absolute atomic E-state index is 0.101. The van der Waals surface area contributed by atoms with E-state index in [2.05, 4.69) is 143 Å². The van der Waals surface area contributed by atoms with Crippen molar-refractivity contribution in [1.29, 1.82) is 0 Å². The first-order chi connectivity index (χ1) is 24.6. The number of allylic oxidation sites excluding steroid dienone is 4. The number of esters is 1. The van der Waals surface area contributed by atoms with Crippen LogP contribution in [0.2, 0.25) is 0 Å². The van der Waals surface area contributed by atoms with Crippen molar-refractivity contribution >= 4 is 34.7 Å². The number of fused-ring (bicyclic) bond motifs is 5. The molecule has 1 aliphatic carbocycles. The van der Waals surface area contributed by atoms with Crippen LogP contribution >= 0.6 is 0 Å². The van der Waals surface area contributed by atoms with E-state index < -0.39 is 5.97 Å². The number of carboxylic acid groups (broad SMARTS) is 1. The first-order valence-electron chi connectivity index (χ1n) is 18.8. The van der Waals surface area contributed by atoms with Gasteiger partial charge in [0.1, 0.15) is 0 Å². The largest absolute Gasteiger partial charge is 0.481 e. The molecule has 52 heavy (non-hydrogen) atoms. The highest BCUT2D eigenvalue weighted by molar-refractivity contribution is 6.03. The average Bonchev–Trinajstić information content (AvgIpc) is 3.54. The second-order valence-electron chi connectivity index (χ2n) is 16.4. The predicted octanol–water partition coefficient (Wildman–Crippen LogP) is 9.27. The van der Waals surface area contributed by atoms with Gasteiger partial charge in [-0.2, -0.15) is 4.58 Å². The summed E-state index contributed by atoms with van der Waals surface area (Å²) in [5.41, 5.74) is 13.5. The van der Waals surface area contributed by atoms with Gasteiger partial charge in [-0.05, 0) is 84.8 Å². The fourth-order valence-electron chi connectivity index (χ4n) is 8.68. The average molecular weight is 703 g/mol. The van der Waals surface area contributed by atoms with E-state index in [1.807, 2.05) is 0 Å². The van der Waals surface area contributed by atoms with Crippen LogP contribution in [0.1, 0.15) is 103 Å². The van der Waals surface area contributed by atoms with E-state index in [0.717, 1.165) is 32.4 Å². The van der Waals surface area contributed by atoms with Gasteiger partial charge in [0.15, 0.2) is 12.3 Å². The van der Waals surface area contributed by atoms with Crippen molar-refractivity contribution in [2.75, 3.05) is 43.6 Å². The Morgan fingerprint density at radius 1 is 0.827 bits per heavy atom. The lowest BCUT2D eigenvalue weighted by molar-refractivity contribution is -0.438. The van der Waals surface area contributed by atoms with Crippen LogP contribution in [0.3, 0.4) is 0 Å². The standard InChI is InChI=1S/C45H55N3O4/c1-30(49)52-26-16-25-47-38-23-22-31(46(8)9)27-36(38)44(4,5)40(47)19-15-20-41-45(6,7)37-28-33-32-17-12-13-18-34(32)43(2,3)35(33)29-39(37)48(41)24-14-10-11-21-42(50)51/h12-13,15,17-20,22-23,27-29H,10-11,14,16,21,24-26H2,1-9H3/p+1. The van der Waals surface area contributed by atoms with E-state index in [4.69, 9.17) is 4.74 Å². The molecule has 3 aromatic rings. The van der Waals surface area contributed by atoms with Crippen molar-refractivity contribution in [3.63, 3.8) is 0 Å².